The lowest BCUT2D eigenvalue weighted by molar-refractivity contribution is 0.233. The Bertz CT molecular complexity index is 663. The Morgan fingerprint density at radius 3 is 2.68 bits per heavy atom. The average Bonchev–Trinajstić information content (AvgIpc) is 3.34. The summed E-state index contributed by atoms with van der Waals surface area (Å²) in [6, 6.07) is 9.34. The van der Waals surface area contributed by atoms with Gasteiger partial charge in [0, 0.05) is 54.1 Å². The van der Waals surface area contributed by atoms with E-state index in [9.17, 15) is 0 Å². The van der Waals surface area contributed by atoms with E-state index < -0.39 is 0 Å². The third kappa shape index (κ3) is 3.07. The summed E-state index contributed by atoms with van der Waals surface area (Å²) in [7, 11) is 2.20. The summed E-state index contributed by atoms with van der Waals surface area (Å²) in [6.45, 7) is 4.53. The lowest BCUT2D eigenvalue weighted by Gasteiger charge is -2.31. The number of likely N-dealkylation sites (N-methyl/N-ethyl adjacent to an activating group) is 1. The molecule has 1 N–H and O–H groups in total. The third-order valence-electron chi connectivity index (χ3n) is 4.37. The largest absolute Gasteiger partial charge is 0.367 e. The van der Waals surface area contributed by atoms with E-state index in [1.54, 1.807) is 0 Å². The van der Waals surface area contributed by atoms with Crippen LogP contribution >= 0.6 is 11.9 Å². The molecule has 0 atom stereocenters. The van der Waals surface area contributed by atoms with E-state index >= 15 is 0 Å². The standard InChI is InChI=1S/C17H22N4S/c1-20-9-11-21(12-10-20)22-16-4-2-3-15-14(16)7-8-18-17(15)19-13-5-6-13/h2-4,7-8,13H,5-6,9-12H2,1H3,(H,18,19). The van der Waals surface area contributed by atoms with Crippen LogP contribution < -0.4 is 5.32 Å². The van der Waals surface area contributed by atoms with Crippen molar-refractivity contribution in [3.8, 4) is 0 Å². The molecule has 22 heavy (non-hydrogen) atoms. The summed E-state index contributed by atoms with van der Waals surface area (Å²) in [5.74, 6) is 1.04. The fourth-order valence-corrected chi connectivity index (χ4v) is 3.85. The summed E-state index contributed by atoms with van der Waals surface area (Å²) < 4.78 is 2.48. The van der Waals surface area contributed by atoms with Crippen molar-refractivity contribution in [3.63, 3.8) is 0 Å². The number of anilines is 1. The van der Waals surface area contributed by atoms with E-state index in [1.165, 1.54) is 28.5 Å². The number of benzene rings is 1. The number of piperazine rings is 1. The minimum Gasteiger partial charge on any atom is -0.367 e. The molecule has 1 aliphatic carbocycles. The monoisotopic (exact) mass is 314 g/mol. The number of nitrogens with one attached hydrogen (secondary N) is 1. The second-order valence-electron chi connectivity index (χ2n) is 6.25. The van der Waals surface area contributed by atoms with Gasteiger partial charge in [0.1, 0.15) is 5.82 Å². The van der Waals surface area contributed by atoms with Crippen LogP contribution in [0.3, 0.4) is 0 Å². The molecule has 5 heteroatoms. The molecule has 0 bridgehead atoms. The van der Waals surface area contributed by atoms with Crippen molar-refractivity contribution < 1.29 is 0 Å². The highest BCUT2D eigenvalue weighted by Crippen LogP contribution is 2.34. The molecule has 0 amide bonds. The van der Waals surface area contributed by atoms with Crippen LogP contribution in [0.5, 0.6) is 0 Å². The second-order valence-corrected chi connectivity index (χ2v) is 7.39. The molecule has 0 spiro atoms. The van der Waals surface area contributed by atoms with Crippen LogP contribution in [-0.4, -0.2) is 53.5 Å². The molecule has 0 unspecified atom stereocenters. The molecule has 116 valence electrons. The van der Waals surface area contributed by atoms with E-state index in [1.807, 2.05) is 18.1 Å². The maximum absolute atomic E-state index is 4.54. The van der Waals surface area contributed by atoms with Crippen molar-refractivity contribution in [1.29, 1.82) is 0 Å². The van der Waals surface area contributed by atoms with Gasteiger partial charge in [-0.1, -0.05) is 12.1 Å². The Balaban J connectivity index is 1.60. The second kappa shape index (κ2) is 6.07. The Morgan fingerprint density at radius 1 is 1.09 bits per heavy atom. The zero-order valence-corrected chi connectivity index (χ0v) is 13.8. The smallest absolute Gasteiger partial charge is 0.134 e. The zero-order valence-electron chi connectivity index (χ0n) is 13.0. The number of nitrogens with zero attached hydrogens (tertiary/aromatic N) is 3. The fraction of sp³-hybridized carbons (Fsp3) is 0.471. The molecule has 2 aliphatic rings. The molecule has 1 aromatic heterocycles. The first-order chi connectivity index (χ1) is 10.8. The van der Waals surface area contributed by atoms with E-state index in [2.05, 4.69) is 50.8 Å². The first-order valence-corrected chi connectivity index (χ1v) is 8.83. The Kier molecular flexibility index (Phi) is 3.94. The highest BCUT2D eigenvalue weighted by Gasteiger charge is 2.22. The molecule has 0 radical (unpaired) electrons. The van der Waals surface area contributed by atoms with Crippen molar-refractivity contribution in [2.45, 2.75) is 23.8 Å². The van der Waals surface area contributed by atoms with Crippen LogP contribution in [0, 0.1) is 0 Å². The van der Waals surface area contributed by atoms with Crippen molar-refractivity contribution in [3.05, 3.63) is 30.5 Å². The number of hydrogen-bond acceptors (Lipinski definition) is 5. The quantitative estimate of drug-likeness (QED) is 0.877. The lowest BCUT2D eigenvalue weighted by atomic mass is 10.1. The lowest BCUT2D eigenvalue weighted by Crippen LogP contribution is -2.40. The molecule has 4 rings (SSSR count). The Hall–Kier alpha value is -1.30. The van der Waals surface area contributed by atoms with Gasteiger partial charge < -0.3 is 10.2 Å². The first kappa shape index (κ1) is 14.3. The summed E-state index contributed by atoms with van der Waals surface area (Å²) in [4.78, 5) is 8.27. The summed E-state index contributed by atoms with van der Waals surface area (Å²) >= 11 is 1.89. The van der Waals surface area contributed by atoms with E-state index in [-0.39, 0.29) is 0 Å². The van der Waals surface area contributed by atoms with Crippen molar-refractivity contribution in [2.75, 3.05) is 38.5 Å². The highest BCUT2D eigenvalue weighted by atomic mass is 32.2. The molecule has 2 fully saturated rings. The van der Waals surface area contributed by atoms with E-state index in [4.69, 9.17) is 0 Å². The topological polar surface area (TPSA) is 31.4 Å². The first-order valence-electron chi connectivity index (χ1n) is 8.05. The van der Waals surface area contributed by atoms with Gasteiger partial charge in [0.2, 0.25) is 0 Å². The predicted molar refractivity (Wildman–Crippen MR) is 93.3 cm³/mol. The normalized spacial score (nSPS) is 20.4. The number of rotatable bonds is 4. The molecule has 2 aromatic rings. The number of fused-ring (bicyclic) bond motifs is 1. The minimum atomic E-state index is 0.632. The van der Waals surface area contributed by atoms with Crippen LogP contribution in [0.1, 0.15) is 12.8 Å². The number of aromatic nitrogens is 1. The summed E-state index contributed by atoms with van der Waals surface area (Å²) in [5, 5.41) is 6.11. The maximum Gasteiger partial charge on any atom is 0.134 e. The highest BCUT2D eigenvalue weighted by molar-refractivity contribution is 7.97. The minimum absolute atomic E-state index is 0.632. The van der Waals surface area contributed by atoms with Gasteiger partial charge in [0.05, 0.1) is 0 Å². The van der Waals surface area contributed by atoms with Crippen LogP contribution in [0.15, 0.2) is 35.4 Å². The fourth-order valence-electron chi connectivity index (χ4n) is 2.81. The van der Waals surface area contributed by atoms with Crippen LogP contribution in [-0.2, 0) is 0 Å². The maximum atomic E-state index is 4.54. The van der Waals surface area contributed by atoms with Gasteiger partial charge in [-0.3, -0.25) is 0 Å². The van der Waals surface area contributed by atoms with Crippen LogP contribution in [0.25, 0.3) is 10.8 Å². The van der Waals surface area contributed by atoms with Crippen molar-refractivity contribution >= 4 is 28.5 Å². The Morgan fingerprint density at radius 2 is 1.91 bits per heavy atom. The molecule has 2 heterocycles. The molecule has 1 saturated carbocycles. The van der Waals surface area contributed by atoms with Gasteiger partial charge in [-0.25, -0.2) is 9.29 Å². The average molecular weight is 314 g/mol. The van der Waals surface area contributed by atoms with Crippen molar-refractivity contribution in [1.82, 2.24) is 14.2 Å². The van der Waals surface area contributed by atoms with Gasteiger partial charge in [0.25, 0.3) is 0 Å². The van der Waals surface area contributed by atoms with Gasteiger partial charge >= 0.3 is 0 Å². The van der Waals surface area contributed by atoms with Crippen molar-refractivity contribution in [2.24, 2.45) is 0 Å². The van der Waals surface area contributed by atoms with Crippen LogP contribution in [0.2, 0.25) is 0 Å². The summed E-state index contributed by atoms with van der Waals surface area (Å²) in [6.07, 6.45) is 4.47. The Labute approximate surface area is 136 Å². The molecular formula is C17H22N4S. The summed E-state index contributed by atoms with van der Waals surface area (Å²) in [5.41, 5.74) is 0. The predicted octanol–water partition coefficient (Wildman–Crippen LogP) is 3.06. The molecular weight excluding hydrogens is 292 g/mol. The van der Waals surface area contributed by atoms with Gasteiger partial charge in [0.15, 0.2) is 0 Å². The molecule has 1 aromatic carbocycles. The number of hydrogen-bond donors (Lipinski definition) is 1. The molecule has 1 saturated heterocycles. The molecule has 4 nitrogen and oxygen atoms in total. The van der Waals surface area contributed by atoms with E-state index in [0.717, 1.165) is 32.0 Å². The third-order valence-corrected chi connectivity index (χ3v) is 5.55. The number of pyridine rings is 1. The van der Waals surface area contributed by atoms with Gasteiger partial charge in [-0.05, 0) is 44.0 Å². The van der Waals surface area contributed by atoms with Crippen LogP contribution in [0.4, 0.5) is 5.82 Å². The zero-order chi connectivity index (χ0) is 14.9. The van der Waals surface area contributed by atoms with Gasteiger partial charge in [-0.15, -0.1) is 0 Å². The molecule has 1 aliphatic heterocycles. The SMILES string of the molecule is CN1CCN(Sc2cccc3c(NC4CC4)nccc23)CC1. The van der Waals surface area contributed by atoms with Gasteiger partial charge in [-0.2, -0.15) is 0 Å². The van der Waals surface area contributed by atoms with E-state index in [0.29, 0.717) is 6.04 Å².